The van der Waals surface area contributed by atoms with Gasteiger partial charge in [0.1, 0.15) is 5.78 Å². The van der Waals surface area contributed by atoms with E-state index in [1.165, 1.54) is 19.4 Å². The lowest BCUT2D eigenvalue weighted by Crippen LogP contribution is -2.41. The van der Waals surface area contributed by atoms with Gasteiger partial charge in [-0.25, -0.2) is 0 Å². The van der Waals surface area contributed by atoms with E-state index in [1.54, 1.807) is 0 Å². The number of piperidine rings is 1. The summed E-state index contributed by atoms with van der Waals surface area (Å²) in [6, 6.07) is 0. The summed E-state index contributed by atoms with van der Waals surface area (Å²) in [6.45, 7) is 9.85. The third kappa shape index (κ3) is 4.33. The summed E-state index contributed by atoms with van der Waals surface area (Å²) < 4.78 is 0. The Morgan fingerprint density at radius 1 is 1.47 bits per heavy atom. The Morgan fingerprint density at radius 2 is 2.20 bits per heavy atom. The zero-order chi connectivity index (χ0) is 11.3. The molecule has 0 aromatic carbocycles. The number of hydrogen-bond acceptors (Lipinski definition) is 2. The molecule has 88 valence electrons. The van der Waals surface area contributed by atoms with Gasteiger partial charge in [-0.2, -0.15) is 0 Å². The summed E-state index contributed by atoms with van der Waals surface area (Å²) in [4.78, 5) is 14.0. The van der Waals surface area contributed by atoms with Crippen molar-refractivity contribution >= 4 is 5.78 Å². The number of hydrogen-bond donors (Lipinski definition) is 0. The zero-order valence-corrected chi connectivity index (χ0v) is 10.5. The summed E-state index contributed by atoms with van der Waals surface area (Å²) in [5, 5.41) is 0. The quantitative estimate of drug-likeness (QED) is 0.697. The molecule has 15 heavy (non-hydrogen) atoms. The molecule has 2 heteroatoms. The van der Waals surface area contributed by atoms with Crippen LogP contribution in [0.4, 0.5) is 0 Å². The fourth-order valence-electron chi connectivity index (χ4n) is 2.26. The largest absolute Gasteiger partial charge is 0.302 e. The Kier molecular flexibility index (Phi) is 5.30. The van der Waals surface area contributed by atoms with E-state index < -0.39 is 0 Å². The Labute approximate surface area is 94.0 Å². The minimum Gasteiger partial charge on any atom is -0.302 e. The molecule has 0 aromatic heterocycles. The SMILES string of the molecule is CCC1CN(CCCC(C)C)CCC1=O. The van der Waals surface area contributed by atoms with Gasteiger partial charge in [0.05, 0.1) is 0 Å². The van der Waals surface area contributed by atoms with Gasteiger partial charge in [0.15, 0.2) is 0 Å². The van der Waals surface area contributed by atoms with Gasteiger partial charge in [-0.15, -0.1) is 0 Å². The van der Waals surface area contributed by atoms with Crippen LogP contribution in [0.1, 0.15) is 46.5 Å². The highest BCUT2D eigenvalue weighted by atomic mass is 16.1. The van der Waals surface area contributed by atoms with E-state index in [4.69, 9.17) is 0 Å². The van der Waals surface area contributed by atoms with Crippen molar-refractivity contribution in [1.82, 2.24) is 4.90 Å². The van der Waals surface area contributed by atoms with Crippen molar-refractivity contribution in [3.05, 3.63) is 0 Å². The highest BCUT2D eigenvalue weighted by molar-refractivity contribution is 5.82. The average Bonchev–Trinajstić information content (AvgIpc) is 2.20. The molecule has 1 unspecified atom stereocenters. The van der Waals surface area contributed by atoms with E-state index in [1.807, 2.05) is 0 Å². The first kappa shape index (κ1) is 12.7. The maximum absolute atomic E-state index is 11.5. The van der Waals surface area contributed by atoms with Gasteiger partial charge in [-0.3, -0.25) is 4.79 Å². The monoisotopic (exact) mass is 211 g/mol. The van der Waals surface area contributed by atoms with E-state index in [0.29, 0.717) is 11.7 Å². The smallest absolute Gasteiger partial charge is 0.138 e. The van der Waals surface area contributed by atoms with Gasteiger partial charge in [0.25, 0.3) is 0 Å². The predicted octanol–water partition coefficient (Wildman–Crippen LogP) is 2.72. The second kappa shape index (κ2) is 6.26. The molecule has 1 rings (SSSR count). The van der Waals surface area contributed by atoms with E-state index in [-0.39, 0.29) is 0 Å². The van der Waals surface area contributed by atoms with Gasteiger partial charge >= 0.3 is 0 Å². The van der Waals surface area contributed by atoms with E-state index >= 15 is 0 Å². The Balaban J connectivity index is 2.23. The van der Waals surface area contributed by atoms with Gasteiger partial charge in [0.2, 0.25) is 0 Å². The molecule has 0 radical (unpaired) electrons. The summed E-state index contributed by atoms with van der Waals surface area (Å²) >= 11 is 0. The zero-order valence-electron chi connectivity index (χ0n) is 10.5. The maximum atomic E-state index is 11.5. The highest BCUT2D eigenvalue weighted by Crippen LogP contribution is 2.16. The first-order valence-electron chi connectivity index (χ1n) is 6.38. The number of Topliss-reactive ketones (excluding diaryl/α,β-unsaturated/α-hetero) is 1. The number of likely N-dealkylation sites (tertiary alicyclic amines) is 1. The molecular formula is C13H25NO. The highest BCUT2D eigenvalue weighted by Gasteiger charge is 2.24. The molecule has 1 aliphatic rings. The van der Waals surface area contributed by atoms with Crippen molar-refractivity contribution in [1.29, 1.82) is 0 Å². The maximum Gasteiger partial charge on any atom is 0.138 e. The van der Waals surface area contributed by atoms with E-state index in [9.17, 15) is 4.79 Å². The summed E-state index contributed by atoms with van der Waals surface area (Å²) in [6.07, 6.45) is 4.38. The topological polar surface area (TPSA) is 20.3 Å². The van der Waals surface area contributed by atoms with Gasteiger partial charge in [-0.1, -0.05) is 20.8 Å². The van der Waals surface area contributed by atoms with Crippen LogP contribution in [0.15, 0.2) is 0 Å². The first-order chi connectivity index (χ1) is 7.13. The number of nitrogens with zero attached hydrogens (tertiary/aromatic N) is 1. The van der Waals surface area contributed by atoms with Crippen LogP contribution < -0.4 is 0 Å². The molecular weight excluding hydrogens is 186 g/mol. The molecule has 0 bridgehead atoms. The molecule has 0 amide bonds. The number of ketones is 1. The van der Waals surface area contributed by atoms with Crippen LogP contribution in [-0.2, 0) is 4.79 Å². The molecule has 0 saturated carbocycles. The van der Waals surface area contributed by atoms with E-state index in [2.05, 4.69) is 25.7 Å². The third-order valence-electron chi connectivity index (χ3n) is 3.36. The van der Waals surface area contributed by atoms with Crippen molar-refractivity contribution in [2.45, 2.75) is 46.5 Å². The molecule has 1 saturated heterocycles. The third-order valence-corrected chi connectivity index (χ3v) is 3.36. The molecule has 1 aliphatic heterocycles. The molecule has 0 N–H and O–H groups in total. The van der Waals surface area contributed by atoms with Crippen molar-refractivity contribution in [3.8, 4) is 0 Å². The van der Waals surface area contributed by atoms with Crippen molar-refractivity contribution < 1.29 is 4.79 Å². The fraction of sp³-hybridized carbons (Fsp3) is 0.923. The standard InChI is InChI=1S/C13H25NO/c1-4-12-10-14(9-7-13(12)15)8-5-6-11(2)3/h11-12H,4-10H2,1-3H3. The first-order valence-corrected chi connectivity index (χ1v) is 6.38. The normalized spacial score (nSPS) is 23.7. The Hall–Kier alpha value is -0.370. The summed E-state index contributed by atoms with van der Waals surface area (Å²) in [5.74, 6) is 1.61. The van der Waals surface area contributed by atoms with Crippen LogP contribution in [0.5, 0.6) is 0 Å². The molecule has 1 atom stereocenters. The fourth-order valence-corrected chi connectivity index (χ4v) is 2.26. The van der Waals surface area contributed by atoms with Crippen molar-refractivity contribution in [2.24, 2.45) is 11.8 Å². The molecule has 1 heterocycles. The van der Waals surface area contributed by atoms with Crippen molar-refractivity contribution in [2.75, 3.05) is 19.6 Å². The van der Waals surface area contributed by atoms with Crippen LogP contribution in [0.2, 0.25) is 0 Å². The lowest BCUT2D eigenvalue weighted by Gasteiger charge is -2.31. The number of carbonyl (C=O) groups is 1. The molecule has 1 fully saturated rings. The lowest BCUT2D eigenvalue weighted by atomic mass is 9.94. The van der Waals surface area contributed by atoms with Crippen LogP contribution in [0.25, 0.3) is 0 Å². The average molecular weight is 211 g/mol. The van der Waals surface area contributed by atoms with Gasteiger partial charge in [-0.05, 0) is 31.7 Å². The van der Waals surface area contributed by atoms with Crippen LogP contribution >= 0.6 is 0 Å². The summed E-state index contributed by atoms with van der Waals surface area (Å²) in [7, 11) is 0. The molecule has 2 nitrogen and oxygen atoms in total. The Bertz CT molecular complexity index is 201. The lowest BCUT2D eigenvalue weighted by molar-refractivity contribution is -0.126. The van der Waals surface area contributed by atoms with Crippen LogP contribution in [-0.4, -0.2) is 30.3 Å². The minimum atomic E-state index is 0.317. The minimum absolute atomic E-state index is 0.317. The van der Waals surface area contributed by atoms with E-state index in [0.717, 1.165) is 31.8 Å². The molecule has 0 spiro atoms. The second-order valence-corrected chi connectivity index (χ2v) is 5.16. The number of rotatable bonds is 5. The predicted molar refractivity (Wildman–Crippen MR) is 63.9 cm³/mol. The second-order valence-electron chi connectivity index (χ2n) is 5.16. The van der Waals surface area contributed by atoms with Gasteiger partial charge in [0, 0.05) is 25.4 Å². The van der Waals surface area contributed by atoms with Crippen LogP contribution in [0, 0.1) is 11.8 Å². The Morgan fingerprint density at radius 3 is 2.80 bits per heavy atom. The molecule has 0 aliphatic carbocycles. The van der Waals surface area contributed by atoms with Crippen molar-refractivity contribution in [3.63, 3.8) is 0 Å². The van der Waals surface area contributed by atoms with Gasteiger partial charge < -0.3 is 4.90 Å². The number of carbonyl (C=O) groups excluding carboxylic acids is 1. The van der Waals surface area contributed by atoms with Crippen LogP contribution in [0.3, 0.4) is 0 Å². The molecule has 0 aromatic rings. The summed E-state index contributed by atoms with van der Waals surface area (Å²) in [5.41, 5.74) is 0.